The molecule has 3 aromatic rings. The van der Waals surface area contributed by atoms with E-state index in [4.69, 9.17) is 11.6 Å². The van der Waals surface area contributed by atoms with Gasteiger partial charge in [0.1, 0.15) is 11.4 Å². The van der Waals surface area contributed by atoms with Crippen molar-refractivity contribution in [3.63, 3.8) is 0 Å². The Morgan fingerprint density at radius 1 is 1.24 bits per heavy atom. The van der Waals surface area contributed by atoms with Crippen molar-refractivity contribution in [1.82, 2.24) is 9.97 Å². The smallest absolute Gasteiger partial charge is 0.261 e. The molecule has 84 valence electrons. The minimum absolute atomic E-state index is 0.0643. The van der Waals surface area contributed by atoms with Gasteiger partial charge < -0.3 is 10.1 Å². The molecule has 0 saturated heterocycles. The number of phenols is 1. The zero-order valence-electron chi connectivity index (χ0n) is 8.57. The molecule has 0 radical (unpaired) electrons. The SMILES string of the molecule is O=c1[nH]c2nccc(Cl)c2c2cccc(O)c12. The second-order valence-corrected chi connectivity index (χ2v) is 4.08. The van der Waals surface area contributed by atoms with E-state index in [2.05, 4.69) is 9.97 Å². The van der Waals surface area contributed by atoms with Gasteiger partial charge in [0.2, 0.25) is 0 Å². The third kappa shape index (κ3) is 1.38. The van der Waals surface area contributed by atoms with Crippen molar-refractivity contribution < 1.29 is 5.11 Å². The predicted molar refractivity (Wildman–Crippen MR) is 66.5 cm³/mol. The second-order valence-electron chi connectivity index (χ2n) is 3.67. The molecular formula is C12H7ClN2O2. The molecule has 0 fully saturated rings. The summed E-state index contributed by atoms with van der Waals surface area (Å²) in [6.07, 6.45) is 1.52. The summed E-state index contributed by atoms with van der Waals surface area (Å²) >= 11 is 6.10. The van der Waals surface area contributed by atoms with E-state index in [0.29, 0.717) is 21.4 Å². The van der Waals surface area contributed by atoms with Gasteiger partial charge in [-0.25, -0.2) is 4.98 Å². The third-order valence-electron chi connectivity index (χ3n) is 2.67. The molecule has 0 bridgehead atoms. The number of aromatic nitrogens is 2. The van der Waals surface area contributed by atoms with Gasteiger partial charge in [-0.2, -0.15) is 0 Å². The fourth-order valence-electron chi connectivity index (χ4n) is 1.95. The Labute approximate surface area is 100 Å². The number of benzene rings is 1. The van der Waals surface area contributed by atoms with Crippen LogP contribution in [0.5, 0.6) is 5.75 Å². The van der Waals surface area contributed by atoms with Crippen molar-refractivity contribution in [2.45, 2.75) is 0 Å². The quantitative estimate of drug-likeness (QED) is 0.599. The van der Waals surface area contributed by atoms with E-state index in [9.17, 15) is 9.90 Å². The van der Waals surface area contributed by atoms with Crippen LogP contribution in [0.2, 0.25) is 5.02 Å². The van der Waals surface area contributed by atoms with Gasteiger partial charge in [-0.3, -0.25) is 4.79 Å². The van der Waals surface area contributed by atoms with Crippen molar-refractivity contribution in [1.29, 1.82) is 0 Å². The Bertz CT molecular complexity index is 795. The summed E-state index contributed by atoms with van der Waals surface area (Å²) in [4.78, 5) is 18.5. The highest BCUT2D eigenvalue weighted by Gasteiger charge is 2.11. The molecule has 0 saturated carbocycles. The summed E-state index contributed by atoms with van der Waals surface area (Å²) < 4.78 is 0. The lowest BCUT2D eigenvalue weighted by Crippen LogP contribution is -2.07. The van der Waals surface area contributed by atoms with Crippen LogP contribution in [0.4, 0.5) is 0 Å². The molecule has 0 aliphatic heterocycles. The molecule has 5 heteroatoms. The number of aromatic hydroxyl groups is 1. The van der Waals surface area contributed by atoms with Crippen LogP contribution in [-0.4, -0.2) is 15.1 Å². The molecule has 0 unspecified atom stereocenters. The number of H-pyrrole nitrogens is 1. The van der Waals surface area contributed by atoms with Crippen LogP contribution in [0, 0.1) is 0 Å². The van der Waals surface area contributed by atoms with Crippen LogP contribution in [0.3, 0.4) is 0 Å². The molecule has 0 amide bonds. The maximum absolute atomic E-state index is 11.8. The van der Waals surface area contributed by atoms with Crippen molar-refractivity contribution >= 4 is 33.4 Å². The molecule has 2 heterocycles. The predicted octanol–water partition coefficient (Wildman–Crippen LogP) is 2.44. The Morgan fingerprint density at radius 2 is 2.06 bits per heavy atom. The first-order valence-electron chi connectivity index (χ1n) is 4.96. The van der Waals surface area contributed by atoms with Crippen molar-refractivity contribution in [2.75, 3.05) is 0 Å². The highest BCUT2D eigenvalue weighted by molar-refractivity contribution is 6.37. The van der Waals surface area contributed by atoms with Crippen LogP contribution >= 0.6 is 11.6 Å². The molecule has 2 aromatic heterocycles. The van der Waals surface area contributed by atoms with Crippen molar-refractivity contribution in [2.24, 2.45) is 0 Å². The van der Waals surface area contributed by atoms with Crippen molar-refractivity contribution in [3.05, 3.63) is 45.8 Å². The first kappa shape index (κ1) is 10.1. The molecule has 4 nitrogen and oxygen atoms in total. The molecule has 0 aliphatic rings. The number of hydrogen-bond donors (Lipinski definition) is 2. The normalized spacial score (nSPS) is 11.1. The Morgan fingerprint density at radius 3 is 2.88 bits per heavy atom. The average molecular weight is 247 g/mol. The summed E-state index contributed by atoms with van der Waals surface area (Å²) in [6, 6.07) is 6.51. The largest absolute Gasteiger partial charge is 0.507 e. The van der Waals surface area contributed by atoms with E-state index in [1.165, 1.54) is 12.3 Å². The van der Waals surface area contributed by atoms with Crippen LogP contribution in [0.25, 0.3) is 21.8 Å². The van der Waals surface area contributed by atoms with Gasteiger partial charge in [-0.15, -0.1) is 0 Å². The summed E-state index contributed by atoms with van der Waals surface area (Å²) in [5.41, 5.74) is 0.0426. The Kier molecular flexibility index (Phi) is 2.06. The average Bonchev–Trinajstić information content (AvgIpc) is 2.28. The molecule has 17 heavy (non-hydrogen) atoms. The number of rotatable bonds is 0. The number of phenolic OH excluding ortho intramolecular Hbond substituents is 1. The summed E-state index contributed by atoms with van der Waals surface area (Å²) in [7, 11) is 0. The van der Waals surface area contributed by atoms with E-state index in [0.717, 1.165) is 0 Å². The zero-order chi connectivity index (χ0) is 12.0. The first-order chi connectivity index (χ1) is 8.18. The van der Waals surface area contributed by atoms with E-state index < -0.39 is 0 Å². The fraction of sp³-hybridized carbons (Fsp3) is 0. The van der Waals surface area contributed by atoms with Crippen LogP contribution in [0.15, 0.2) is 35.3 Å². The third-order valence-corrected chi connectivity index (χ3v) is 2.99. The highest BCUT2D eigenvalue weighted by Crippen LogP contribution is 2.30. The maximum Gasteiger partial charge on any atom is 0.261 e. The van der Waals surface area contributed by atoms with E-state index in [-0.39, 0.29) is 16.7 Å². The number of aromatic amines is 1. The Hall–Kier alpha value is -2.07. The van der Waals surface area contributed by atoms with Gasteiger partial charge >= 0.3 is 0 Å². The van der Waals surface area contributed by atoms with Gasteiger partial charge in [-0.1, -0.05) is 23.7 Å². The molecule has 1 aromatic carbocycles. The lowest BCUT2D eigenvalue weighted by atomic mass is 10.1. The lowest BCUT2D eigenvalue weighted by Gasteiger charge is -2.05. The number of halogens is 1. The number of hydrogen-bond acceptors (Lipinski definition) is 3. The minimum atomic E-state index is -0.375. The fourth-order valence-corrected chi connectivity index (χ4v) is 2.19. The van der Waals surface area contributed by atoms with Crippen molar-refractivity contribution in [3.8, 4) is 5.75 Å². The van der Waals surface area contributed by atoms with Gasteiger partial charge in [-0.05, 0) is 12.1 Å². The molecule has 0 atom stereocenters. The van der Waals surface area contributed by atoms with Gasteiger partial charge in [0.15, 0.2) is 0 Å². The number of fused-ring (bicyclic) bond motifs is 3. The zero-order valence-corrected chi connectivity index (χ0v) is 9.32. The molecule has 0 spiro atoms. The van der Waals surface area contributed by atoms with Crippen LogP contribution in [-0.2, 0) is 0 Å². The molecular weight excluding hydrogens is 240 g/mol. The molecule has 3 rings (SSSR count). The van der Waals surface area contributed by atoms with Gasteiger partial charge in [0, 0.05) is 17.0 Å². The maximum atomic E-state index is 11.8. The standard InChI is InChI=1S/C12H7ClN2O2/c13-7-4-5-14-11-9(7)6-2-1-3-8(16)10(6)12(17)15-11/h1-5,16H,(H,14,15,17). The molecule has 0 aliphatic carbocycles. The highest BCUT2D eigenvalue weighted by atomic mass is 35.5. The van der Waals surface area contributed by atoms with E-state index >= 15 is 0 Å². The minimum Gasteiger partial charge on any atom is -0.507 e. The molecule has 2 N–H and O–H groups in total. The van der Waals surface area contributed by atoms with Crippen LogP contribution in [0.1, 0.15) is 0 Å². The number of nitrogens with one attached hydrogen (secondary N) is 1. The Balaban J connectivity index is 2.73. The van der Waals surface area contributed by atoms with Crippen LogP contribution < -0.4 is 5.56 Å². The summed E-state index contributed by atoms with van der Waals surface area (Å²) in [6.45, 7) is 0. The van der Waals surface area contributed by atoms with E-state index in [1.807, 2.05) is 0 Å². The summed E-state index contributed by atoms with van der Waals surface area (Å²) in [5.74, 6) is -0.0643. The number of nitrogens with zero attached hydrogens (tertiary/aromatic N) is 1. The first-order valence-corrected chi connectivity index (χ1v) is 5.34. The van der Waals surface area contributed by atoms with Gasteiger partial charge in [0.25, 0.3) is 5.56 Å². The van der Waals surface area contributed by atoms with E-state index in [1.54, 1.807) is 18.2 Å². The summed E-state index contributed by atoms with van der Waals surface area (Å²) in [5, 5.41) is 11.7. The monoisotopic (exact) mass is 246 g/mol. The van der Waals surface area contributed by atoms with Gasteiger partial charge in [0.05, 0.1) is 10.4 Å². The second kappa shape index (κ2) is 3.46. The number of pyridine rings is 2. The topological polar surface area (TPSA) is 66.0 Å². The lowest BCUT2D eigenvalue weighted by molar-refractivity contribution is 0.481.